The van der Waals surface area contributed by atoms with E-state index in [1.165, 1.54) is 23.9 Å². The summed E-state index contributed by atoms with van der Waals surface area (Å²) in [5.74, 6) is -0.00877. The maximum Gasteiger partial charge on any atom is 0.416 e. The van der Waals surface area contributed by atoms with Gasteiger partial charge in [0.1, 0.15) is 0 Å². The molecule has 0 aromatic heterocycles. The molecule has 1 aliphatic heterocycles. The van der Waals surface area contributed by atoms with Gasteiger partial charge < -0.3 is 5.32 Å². The van der Waals surface area contributed by atoms with Gasteiger partial charge in [-0.1, -0.05) is 43.8 Å². The highest BCUT2D eigenvalue weighted by molar-refractivity contribution is 8.15. The van der Waals surface area contributed by atoms with Gasteiger partial charge in [0.25, 0.3) is 0 Å². The number of hydrogen-bond donors (Lipinski definition) is 1. The first kappa shape index (κ1) is 16.9. The van der Waals surface area contributed by atoms with Crippen LogP contribution in [0.3, 0.4) is 0 Å². The lowest BCUT2D eigenvalue weighted by atomic mass is 10.0. The molecule has 7 heteroatoms. The van der Waals surface area contributed by atoms with Gasteiger partial charge in [0, 0.05) is 0 Å². The number of carbonyl (C=O) groups excluding carboxylic acids is 1. The maximum atomic E-state index is 13.0. The summed E-state index contributed by atoms with van der Waals surface area (Å²) in [5.41, 5.74) is -0.591. The molecule has 1 amide bonds. The number of carbonyl (C=O) groups is 1. The van der Waals surface area contributed by atoms with Crippen molar-refractivity contribution in [3.8, 4) is 0 Å². The van der Waals surface area contributed by atoms with E-state index in [-0.39, 0.29) is 22.6 Å². The lowest BCUT2D eigenvalue weighted by Crippen LogP contribution is -2.27. The Morgan fingerprint density at radius 1 is 1.23 bits per heavy atom. The van der Waals surface area contributed by atoms with E-state index in [2.05, 4.69) is 10.3 Å². The van der Waals surface area contributed by atoms with Crippen LogP contribution in [-0.4, -0.2) is 16.3 Å². The summed E-state index contributed by atoms with van der Waals surface area (Å²) in [6.45, 7) is 5.43. The molecule has 2 atom stereocenters. The van der Waals surface area contributed by atoms with Crippen LogP contribution < -0.4 is 5.32 Å². The largest absolute Gasteiger partial charge is 0.416 e. The number of hydrogen-bond acceptors (Lipinski definition) is 3. The number of amidine groups is 1. The third-order valence-corrected chi connectivity index (χ3v) is 4.80. The Morgan fingerprint density at radius 2 is 1.86 bits per heavy atom. The molecule has 1 aliphatic rings. The first-order valence-electron chi connectivity index (χ1n) is 6.91. The molecule has 0 bridgehead atoms. The van der Waals surface area contributed by atoms with Gasteiger partial charge >= 0.3 is 6.18 Å². The quantitative estimate of drug-likeness (QED) is 0.910. The lowest BCUT2D eigenvalue weighted by Gasteiger charge is -2.15. The molecule has 0 aliphatic carbocycles. The summed E-state index contributed by atoms with van der Waals surface area (Å²) in [5, 5.41) is 2.77. The Bertz CT molecular complexity index is 599. The van der Waals surface area contributed by atoms with Crippen LogP contribution in [-0.2, 0) is 11.0 Å². The van der Waals surface area contributed by atoms with Crippen molar-refractivity contribution >= 4 is 22.8 Å². The molecular weight excluding hydrogens is 313 g/mol. The van der Waals surface area contributed by atoms with Crippen molar-refractivity contribution in [2.45, 2.75) is 38.2 Å². The summed E-state index contributed by atoms with van der Waals surface area (Å²) >= 11 is 1.27. The molecule has 1 fully saturated rings. The van der Waals surface area contributed by atoms with Gasteiger partial charge in [-0.25, -0.2) is 0 Å². The highest BCUT2D eigenvalue weighted by Gasteiger charge is 2.35. The van der Waals surface area contributed by atoms with Crippen LogP contribution in [0.4, 0.5) is 13.2 Å². The summed E-state index contributed by atoms with van der Waals surface area (Å²) in [6.07, 6.45) is -4.42. The molecule has 3 nitrogen and oxygen atoms in total. The van der Waals surface area contributed by atoms with Crippen molar-refractivity contribution in [3.05, 3.63) is 35.4 Å². The Kier molecular flexibility index (Phi) is 4.84. The zero-order valence-corrected chi connectivity index (χ0v) is 13.3. The smallest absolute Gasteiger partial charge is 0.304 e. The minimum absolute atomic E-state index is 0.102. The molecule has 2 rings (SSSR count). The minimum Gasteiger partial charge on any atom is -0.304 e. The van der Waals surface area contributed by atoms with Crippen molar-refractivity contribution in [3.63, 3.8) is 0 Å². The predicted octanol–water partition coefficient (Wildman–Crippen LogP) is 4.01. The van der Waals surface area contributed by atoms with Gasteiger partial charge in [0.2, 0.25) is 5.91 Å². The van der Waals surface area contributed by atoms with Crippen LogP contribution in [0.1, 0.15) is 37.9 Å². The second-order valence-electron chi connectivity index (χ2n) is 5.47. The van der Waals surface area contributed by atoms with Crippen LogP contribution in [0.25, 0.3) is 0 Å². The van der Waals surface area contributed by atoms with Gasteiger partial charge in [-0.2, -0.15) is 13.2 Å². The van der Waals surface area contributed by atoms with E-state index in [0.717, 1.165) is 6.07 Å². The molecule has 120 valence electrons. The molecule has 0 saturated carbocycles. The molecular formula is C15H17F3N2OS. The van der Waals surface area contributed by atoms with E-state index in [1.807, 2.05) is 13.8 Å². The number of nitrogens with one attached hydrogen (secondary N) is 1. The zero-order valence-electron chi connectivity index (χ0n) is 12.4. The average molecular weight is 330 g/mol. The van der Waals surface area contributed by atoms with E-state index in [1.54, 1.807) is 13.0 Å². The molecule has 0 radical (unpaired) electrons. The van der Waals surface area contributed by atoms with Crippen molar-refractivity contribution < 1.29 is 18.0 Å². The van der Waals surface area contributed by atoms with Gasteiger partial charge in [-0.3, -0.25) is 9.79 Å². The molecule has 1 aromatic carbocycles. The van der Waals surface area contributed by atoms with Crippen molar-refractivity contribution in [1.82, 2.24) is 5.32 Å². The van der Waals surface area contributed by atoms with Crippen LogP contribution in [0.15, 0.2) is 29.3 Å². The second-order valence-corrected chi connectivity index (χ2v) is 6.60. The van der Waals surface area contributed by atoms with E-state index < -0.39 is 17.8 Å². The first-order valence-corrected chi connectivity index (χ1v) is 7.79. The van der Waals surface area contributed by atoms with Crippen molar-refractivity contribution in [2.75, 3.05) is 0 Å². The SMILES string of the molecule is CC(N=C1NC(=O)C(C(C)C)S1)c1ccccc1C(F)(F)F. The molecule has 2 unspecified atom stereocenters. The number of amides is 1. The Balaban J connectivity index is 2.26. The number of aliphatic imine (C=N–C) groups is 1. The Labute approximate surface area is 131 Å². The van der Waals surface area contributed by atoms with Crippen molar-refractivity contribution in [2.24, 2.45) is 10.9 Å². The number of benzene rings is 1. The van der Waals surface area contributed by atoms with Gasteiger partial charge in [0.15, 0.2) is 5.17 Å². The summed E-state index contributed by atoms with van der Waals surface area (Å²) in [6, 6.07) is 4.68. The fraction of sp³-hybridized carbons (Fsp3) is 0.467. The van der Waals surface area contributed by atoms with Crippen LogP contribution in [0.5, 0.6) is 0 Å². The van der Waals surface area contributed by atoms with E-state index in [0.29, 0.717) is 5.17 Å². The van der Waals surface area contributed by atoms with Gasteiger partial charge in [0.05, 0.1) is 16.9 Å². The highest BCUT2D eigenvalue weighted by atomic mass is 32.2. The topological polar surface area (TPSA) is 41.5 Å². The fourth-order valence-corrected chi connectivity index (χ4v) is 3.30. The number of nitrogens with zero attached hydrogens (tertiary/aromatic N) is 1. The summed E-state index contributed by atoms with van der Waals surface area (Å²) in [4.78, 5) is 16.0. The minimum atomic E-state index is -4.42. The van der Waals surface area contributed by atoms with Crippen LogP contribution in [0, 0.1) is 5.92 Å². The molecule has 1 aromatic rings. The normalized spacial score (nSPS) is 22.2. The average Bonchev–Trinajstić information content (AvgIpc) is 2.78. The third-order valence-electron chi connectivity index (χ3n) is 3.36. The van der Waals surface area contributed by atoms with E-state index >= 15 is 0 Å². The Morgan fingerprint density at radius 3 is 2.41 bits per heavy atom. The number of alkyl halides is 3. The van der Waals surface area contributed by atoms with Gasteiger partial charge in [-0.05, 0) is 24.5 Å². The second kappa shape index (κ2) is 6.32. The monoisotopic (exact) mass is 330 g/mol. The van der Waals surface area contributed by atoms with Crippen LogP contribution >= 0.6 is 11.8 Å². The zero-order chi connectivity index (χ0) is 16.5. The first-order chi connectivity index (χ1) is 10.2. The molecule has 1 N–H and O–H groups in total. The van der Waals surface area contributed by atoms with Crippen molar-refractivity contribution in [1.29, 1.82) is 0 Å². The molecule has 0 spiro atoms. The van der Waals surface area contributed by atoms with E-state index in [4.69, 9.17) is 0 Å². The predicted molar refractivity (Wildman–Crippen MR) is 81.7 cm³/mol. The summed E-state index contributed by atoms with van der Waals surface area (Å²) < 4.78 is 39.1. The highest BCUT2D eigenvalue weighted by Crippen LogP contribution is 2.36. The molecule has 1 saturated heterocycles. The number of rotatable bonds is 3. The number of halogens is 3. The summed E-state index contributed by atoms with van der Waals surface area (Å²) in [7, 11) is 0. The number of thioether (sulfide) groups is 1. The third kappa shape index (κ3) is 3.63. The van der Waals surface area contributed by atoms with E-state index in [9.17, 15) is 18.0 Å². The lowest BCUT2D eigenvalue weighted by molar-refractivity contribution is -0.138. The molecule has 1 heterocycles. The Hall–Kier alpha value is -1.50. The molecule has 22 heavy (non-hydrogen) atoms. The van der Waals surface area contributed by atoms with Gasteiger partial charge in [-0.15, -0.1) is 0 Å². The maximum absolute atomic E-state index is 13.0. The fourth-order valence-electron chi connectivity index (χ4n) is 2.25. The van der Waals surface area contributed by atoms with Crippen LogP contribution in [0.2, 0.25) is 0 Å². The standard InChI is InChI=1S/C15H17F3N2OS/c1-8(2)12-13(21)20-14(22-12)19-9(3)10-6-4-5-7-11(10)15(16,17)18/h4-9,12H,1-3H3,(H,19,20,21).